The monoisotopic (exact) mass is 541 g/mol. The van der Waals surface area contributed by atoms with Gasteiger partial charge < -0.3 is 19.8 Å². The van der Waals surface area contributed by atoms with Crippen molar-refractivity contribution in [2.75, 3.05) is 17.7 Å². The number of nitrogens with zero attached hydrogens (tertiary/aromatic N) is 1. The normalized spacial score (nSPS) is 11.5. The predicted octanol–water partition coefficient (Wildman–Crippen LogP) is 7.14. The van der Waals surface area contributed by atoms with Crippen LogP contribution in [0.2, 0.25) is 0 Å². The predicted molar refractivity (Wildman–Crippen MR) is 151 cm³/mol. The molecule has 0 aliphatic heterocycles. The third kappa shape index (κ3) is 6.13. The number of hydrogen-bond acceptors (Lipinski definition) is 7. The van der Waals surface area contributed by atoms with Crippen LogP contribution in [0.15, 0.2) is 112 Å². The molecule has 0 spiro atoms. The number of thioether (sulfide) groups is 1. The van der Waals surface area contributed by atoms with E-state index in [1.165, 1.54) is 29.4 Å². The van der Waals surface area contributed by atoms with E-state index in [2.05, 4.69) is 15.6 Å². The van der Waals surface area contributed by atoms with Gasteiger partial charge in [-0.2, -0.15) is 0 Å². The number of benzene rings is 3. The molecule has 2 aromatic heterocycles. The number of methoxy groups -OCH3 is 1. The third-order valence-corrected chi connectivity index (χ3v) is 7.56. The van der Waals surface area contributed by atoms with Crippen LogP contribution < -0.4 is 15.4 Å². The fourth-order valence-corrected chi connectivity index (χ4v) is 5.49. The first-order valence-corrected chi connectivity index (χ1v) is 13.4. The van der Waals surface area contributed by atoms with E-state index in [1.807, 2.05) is 78.2 Å². The minimum atomic E-state index is -0.541. The number of nitrogens with one attached hydrogen (secondary N) is 2. The van der Waals surface area contributed by atoms with E-state index >= 15 is 0 Å². The van der Waals surface area contributed by atoms with Gasteiger partial charge in [-0.1, -0.05) is 36.4 Å². The molecule has 0 radical (unpaired) electrons. The number of amides is 2. The van der Waals surface area contributed by atoms with Gasteiger partial charge in [-0.3, -0.25) is 9.59 Å². The van der Waals surface area contributed by atoms with Crippen LogP contribution in [0, 0.1) is 0 Å². The molecule has 2 heterocycles. The van der Waals surface area contributed by atoms with Gasteiger partial charge in [0.2, 0.25) is 5.91 Å². The van der Waals surface area contributed by atoms with E-state index in [4.69, 9.17) is 9.15 Å². The van der Waals surface area contributed by atoms with E-state index in [1.54, 1.807) is 25.3 Å². The lowest BCUT2D eigenvalue weighted by atomic mass is 10.1. The zero-order valence-electron chi connectivity index (χ0n) is 20.3. The third-order valence-electron chi connectivity index (χ3n) is 5.55. The Kier molecular flexibility index (Phi) is 7.86. The Morgan fingerprint density at radius 1 is 0.947 bits per heavy atom. The van der Waals surface area contributed by atoms with Gasteiger partial charge in [0.05, 0.1) is 19.1 Å². The lowest BCUT2D eigenvalue weighted by Gasteiger charge is -2.17. The Bertz CT molecular complexity index is 1520. The minimum Gasteiger partial charge on any atom is -0.497 e. The summed E-state index contributed by atoms with van der Waals surface area (Å²) < 4.78 is 10.4. The van der Waals surface area contributed by atoms with Gasteiger partial charge >= 0.3 is 0 Å². The zero-order chi connectivity index (χ0) is 26.3. The van der Waals surface area contributed by atoms with Crippen molar-refractivity contribution < 1.29 is 18.7 Å². The van der Waals surface area contributed by atoms with Gasteiger partial charge in [0.1, 0.15) is 11.0 Å². The highest BCUT2D eigenvalue weighted by Gasteiger charge is 2.23. The van der Waals surface area contributed by atoms with Crippen molar-refractivity contribution in [1.29, 1.82) is 0 Å². The van der Waals surface area contributed by atoms with E-state index < -0.39 is 5.25 Å². The molecular weight excluding hydrogens is 518 g/mol. The topological polar surface area (TPSA) is 93.5 Å². The molecule has 0 bridgehead atoms. The van der Waals surface area contributed by atoms with Crippen LogP contribution in [0.3, 0.4) is 0 Å². The van der Waals surface area contributed by atoms with E-state index in [0.29, 0.717) is 10.8 Å². The van der Waals surface area contributed by atoms with E-state index in [-0.39, 0.29) is 17.6 Å². The number of furan rings is 1. The molecule has 0 saturated heterocycles. The summed E-state index contributed by atoms with van der Waals surface area (Å²) in [5.74, 6) is 0.458. The average molecular weight is 542 g/mol. The smallest absolute Gasteiger partial charge is 0.291 e. The van der Waals surface area contributed by atoms with Crippen LogP contribution in [-0.4, -0.2) is 23.9 Å². The second-order valence-electron chi connectivity index (χ2n) is 8.12. The Balaban J connectivity index is 1.33. The highest BCUT2D eigenvalue weighted by Crippen LogP contribution is 2.38. The Morgan fingerprint density at radius 2 is 1.76 bits per heavy atom. The van der Waals surface area contributed by atoms with Crippen LogP contribution >= 0.6 is 23.1 Å². The molecule has 1 atom stereocenters. The second-order valence-corrected chi connectivity index (χ2v) is 10.2. The lowest BCUT2D eigenvalue weighted by Crippen LogP contribution is -2.19. The quantitative estimate of drug-likeness (QED) is 0.193. The molecule has 0 fully saturated rings. The summed E-state index contributed by atoms with van der Waals surface area (Å²) >= 11 is 2.76. The van der Waals surface area contributed by atoms with Gasteiger partial charge in [0.15, 0.2) is 10.9 Å². The number of anilines is 2. The van der Waals surface area contributed by atoms with Gasteiger partial charge in [-0.25, -0.2) is 4.98 Å². The van der Waals surface area contributed by atoms with E-state index in [9.17, 15) is 9.59 Å². The first-order chi connectivity index (χ1) is 18.6. The van der Waals surface area contributed by atoms with Crippen LogP contribution in [0.25, 0.3) is 11.3 Å². The fraction of sp³-hybridized carbons (Fsp3) is 0.0690. The molecule has 3 aromatic carbocycles. The van der Waals surface area contributed by atoms with Crippen molar-refractivity contribution >= 4 is 45.7 Å². The van der Waals surface area contributed by atoms with Crippen molar-refractivity contribution in [2.45, 2.75) is 10.1 Å². The maximum absolute atomic E-state index is 13.5. The van der Waals surface area contributed by atoms with Gasteiger partial charge in [-0.15, -0.1) is 23.1 Å². The summed E-state index contributed by atoms with van der Waals surface area (Å²) in [4.78, 5) is 31.3. The Labute approximate surface area is 227 Å². The molecule has 5 aromatic rings. The molecular formula is C29H23N3O4S2. The molecule has 2 N–H and O–H groups in total. The molecule has 0 aliphatic carbocycles. The first kappa shape index (κ1) is 25.3. The molecule has 5 rings (SSSR count). The van der Waals surface area contributed by atoms with Crippen molar-refractivity contribution in [2.24, 2.45) is 0 Å². The van der Waals surface area contributed by atoms with Crippen LogP contribution in [0.1, 0.15) is 21.4 Å². The van der Waals surface area contributed by atoms with Crippen LogP contribution in [0.4, 0.5) is 10.8 Å². The number of rotatable bonds is 9. The second kappa shape index (κ2) is 11.8. The number of aromatic nitrogens is 1. The number of carbonyl (C=O) groups excluding carboxylic acids is 2. The number of carbonyl (C=O) groups is 2. The number of ether oxygens (including phenoxy) is 1. The summed E-state index contributed by atoms with van der Waals surface area (Å²) in [6, 6.07) is 27.8. The van der Waals surface area contributed by atoms with Gasteiger partial charge in [0.25, 0.3) is 5.91 Å². The largest absolute Gasteiger partial charge is 0.497 e. The minimum absolute atomic E-state index is 0.193. The SMILES string of the molecule is COc1ccc(-c2csc(NC(=O)C(Sc3cccc(NC(=O)c4ccco4)c3)c3ccccc3)n2)cc1. The first-order valence-electron chi connectivity index (χ1n) is 11.7. The van der Waals surface area contributed by atoms with Crippen molar-refractivity contribution in [3.63, 3.8) is 0 Å². The van der Waals surface area contributed by atoms with Crippen molar-refractivity contribution in [3.05, 3.63) is 114 Å². The molecule has 38 heavy (non-hydrogen) atoms. The van der Waals surface area contributed by atoms with Crippen LogP contribution in [0.5, 0.6) is 5.75 Å². The maximum atomic E-state index is 13.5. The maximum Gasteiger partial charge on any atom is 0.291 e. The molecule has 7 nitrogen and oxygen atoms in total. The summed E-state index contributed by atoms with van der Waals surface area (Å²) in [5.41, 5.74) is 3.17. The average Bonchev–Trinajstić information content (AvgIpc) is 3.66. The standard InChI is InChI=1S/C29H23N3O4S2/c1-35-22-14-12-19(13-15-22)24-18-37-29(31-24)32-28(34)26(20-7-3-2-4-8-20)38-23-10-5-9-21(17-23)30-27(33)25-11-6-16-36-25/h2-18,26H,1H3,(H,30,33)(H,31,32,34). The van der Waals surface area contributed by atoms with Crippen molar-refractivity contribution in [3.8, 4) is 17.0 Å². The highest BCUT2D eigenvalue weighted by atomic mass is 32.2. The zero-order valence-corrected chi connectivity index (χ0v) is 21.9. The van der Waals surface area contributed by atoms with E-state index in [0.717, 1.165) is 27.5 Å². The summed E-state index contributed by atoms with van der Waals surface area (Å²) in [6.07, 6.45) is 1.45. The lowest BCUT2D eigenvalue weighted by molar-refractivity contribution is -0.115. The molecule has 2 amide bonds. The van der Waals surface area contributed by atoms with Crippen molar-refractivity contribution in [1.82, 2.24) is 4.98 Å². The fourth-order valence-electron chi connectivity index (χ4n) is 3.68. The molecule has 0 aliphatic rings. The number of thiazole rings is 1. The summed E-state index contributed by atoms with van der Waals surface area (Å²) in [5, 5.41) is 7.69. The van der Waals surface area contributed by atoms with Crippen LogP contribution in [-0.2, 0) is 4.79 Å². The summed E-state index contributed by atoms with van der Waals surface area (Å²) in [6.45, 7) is 0. The summed E-state index contributed by atoms with van der Waals surface area (Å²) in [7, 11) is 1.62. The molecule has 0 saturated carbocycles. The number of hydrogen-bond donors (Lipinski definition) is 2. The molecule has 1 unspecified atom stereocenters. The Hall–Kier alpha value is -4.34. The van der Waals surface area contributed by atoms with Gasteiger partial charge in [-0.05, 0) is 60.2 Å². The highest BCUT2D eigenvalue weighted by molar-refractivity contribution is 8.00. The molecule has 190 valence electrons. The Morgan fingerprint density at radius 3 is 2.50 bits per heavy atom. The van der Waals surface area contributed by atoms with Gasteiger partial charge in [0, 0.05) is 21.5 Å². The molecule has 9 heteroatoms.